The van der Waals surface area contributed by atoms with E-state index in [0.717, 1.165) is 0 Å². The lowest BCUT2D eigenvalue weighted by Gasteiger charge is -2.08. The Labute approximate surface area is 136 Å². The van der Waals surface area contributed by atoms with Crippen molar-refractivity contribution in [3.8, 4) is 0 Å². The largest absolute Gasteiger partial charge is 0.347 e. The molecular weight excluding hydrogens is 321 g/mol. The van der Waals surface area contributed by atoms with Gasteiger partial charge in [-0.05, 0) is 36.8 Å². The fourth-order valence-electron chi connectivity index (χ4n) is 1.91. The van der Waals surface area contributed by atoms with Crippen molar-refractivity contribution in [2.45, 2.75) is 13.5 Å². The molecular formula is C15H13ClFN5O. The molecule has 0 aliphatic carbocycles. The summed E-state index contributed by atoms with van der Waals surface area (Å²) in [6, 6.07) is 7.13. The number of aromatic nitrogens is 1. The van der Waals surface area contributed by atoms with E-state index in [1.54, 1.807) is 13.0 Å². The van der Waals surface area contributed by atoms with Gasteiger partial charge in [-0.1, -0.05) is 17.7 Å². The number of nitrogens with zero attached hydrogens (tertiary/aromatic N) is 2. The smallest absolute Gasteiger partial charge is 0.270 e. The maximum atomic E-state index is 13.1. The highest BCUT2D eigenvalue weighted by Gasteiger charge is 2.12. The highest BCUT2D eigenvalue weighted by atomic mass is 35.5. The van der Waals surface area contributed by atoms with Gasteiger partial charge in [0.05, 0.1) is 5.02 Å². The topological polar surface area (TPSA) is 102 Å². The third-order valence-electron chi connectivity index (χ3n) is 3.01. The number of amidine groups is 1. The van der Waals surface area contributed by atoms with Gasteiger partial charge in [-0.25, -0.2) is 14.9 Å². The van der Waals surface area contributed by atoms with Crippen LogP contribution in [0, 0.1) is 23.7 Å². The SMILES string of the molecule is Cc1cc(C(=N)N=N)cc(C(=O)NCc2ccc(F)c(Cl)c2)n1. The first kappa shape index (κ1) is 16.7. The van der Waals surface area contributed by atoms with Gasteiger partial charge in [0, 0.05) is 17.8 Å². The number of halogens is 2. The zero-order valence-electron chi connectivity index (χ0n) is 12.2. The summed E-state index contributed by atoms with van der Waals surface area (Å²) in [6.45, 7) is 1.83. The first-order chi connectivity index (χ1) is 10.9. The van der Waals surface area contributed by atoms with Crippen molar-refractivity contribution in [1.82, 2.24) is 10.3 Å². The number of benzene rings is 1. The molecule has 1 aromatic heterocycles. The molecule has 118 valence electrons. The summed E-state index contributed by atoms with van der Waals surface area (Å²) >= 11 is 5.69. The van der Waals surface area contributed by atoms with Gasteiger partial charge in [0.1, 0.15) is 11.5 Å². The van der Waals surface area contributed by atoms with Crippen LogP contribution in [0.15, 0.2) is 35.4 Å². The maximum absolute atomic E-state index is 13.1. The van der Waals surface area contributed by atoms with Gasteiger partial charge >= 0.3 is 0 Å². The summed E-state index contributed by atoms with van der Waals surface area (Å²) < 4.78 is 13.1. The zero-order chi connectivity index (χ0) is 17.0. The second-order valence-electron chi connectivity index (χ2n) is 4.77. The summed E-state index contributed by atoms with van der Waals surface area (Å²) in [4.78, 5) is 16.3. The number of amides is 1. The van der Waals surface area contributed by atoms with Gasteiger partial charge in [0.15, 0.2) is 5.84 Å². The molecule has 2 aromatic rings. The monoisotopic (exact) mass is 333 g/mol. The van der Waals surface area contributed by atoms with Crippen LogP contribution in [0.2, 0.25) is 5.02 Å². The Balaban J connectivity index is 2.14. The number of carbonyl (C=O) groups is 1. The quantitative estimate of drug-likeness (QED) is 0.453. The molecule has 2 rings (SSSR count). The van der Waals surface area contributed by atoms with Gasteiger partial charge in [-0.3, -0.25) is 10.2 Å². The van der Waals surface area contributed by atoms with Crippen LogP contribution in [0.4, 0.5) is 4.39 Å². The Bertz CT molecular complexity index is 793. The summed E-state index contributed by atoms with van der Waals surface area (Å²) in [5.74, 6) is -1.23. The number of nitrogens with one attached hydrogen (secondary N) is 3. The van der Waals surface area contributed by atoms with Crippen molar-refractivity contribution in [2.24, 2.45) is 5.11 Å². The van der Waals surface area contributed by atoms with Crippen LogP contribution in [-0.2, 0) is 6.54 Å². The van der Waals surface area contributed by atoms with E-state index in [1.807, 2.05) is 0 Å². The molecule has 0 fully saturated rings. The van der Waals surface area contributed by atoms with Gasteiger partial charge in [0.2, 0.25) is 0 Å². The van der Waals surface area contributed by atoms with Crippen LogP contribution in [0.1, 0.15) is 27.3 Å². The molecule has 1 heterocycles. The molecule has 0 radical (unpaired) electrons. The fraction of sp³-hybridized carbons (Fsp3) is 0.133. The van der Waals surface area contributed by atoms with Crippen molar-refractivity contribution >= 4 is 23.3 Å². The van der Waals surface area contributed by atoms with E-state index in [0.29, 0.717) is 16.8 Å². The predicted molar refractivity (Wildman–Crippen MR) is 83.5 cm³/mol. The lowest BCUT2D eigenvalue weighted by Crippen LogP contribution is -2.24. The van der Waals surface area contributed by atoms with Gasteiger partial charge in [-0.15, -0.1) is 5.11 Å². The first-order valence-corrected chi connectivity index (χ1v) is 6.95. The fourth-order valence-corrected chi connectivity index (χ4v) is 2.11. The molecule has 0 saturated carbocycles. The number of pyridine rings is 1. The standard InChI is InChI=1S/C15H13ClFN5O/c1-8-4-10(14(18)22-19)6-13(21-8)15(23)20-7-9-2-3-12(17)11(16)5-9/h2-6,18-19H,7H2,1H3,(H,20,23). The Morgan fingerprint density at radius 1 is 1.39 bits per heavy atom. The van der Waals surface area contributed by atoms with E-state index < -0.39 is 11.7 Å². The van der Waals surface area contributed by atoms with Crippen molar-refractivity contribution in [3.63, 3.8) is 0 Å². The molecule has 0 atom stereocenters. The molecule has 23 heavy (non-hydrogen) atoms. The van der Waals surface area contributed by atoms with Crippen LogP contribution in [0.3, 0.4) is 0 Å². The highest BCUT2D eigenvalue weighted by Crippen LogP contribution is 2.16. The Morgan fingerprint density at radius 2 is 2.13 bits per heavy atom. The number of hydrogen-bond acceptors (Lipinski definition) is 4. The molecule has 0 saturated heterocycles. The highest BCUT2D eigenvalue weighted by molar-refractivity contribution is 6.30. The summed E-state index contributed by atoms with van der Waals surface area (Å²) in [5.41, 5.74) is 8.49. The number of carbonyl (C=O) groups excluding carboxylic acids is 1. The zero-order valence-corrected chi connectivity index (χ0v) is 12.9. The van der Waals surface area contributed by atoms with Crippen LogP contribution in [0.5, 0.6) is 0 Å². The number of rotatable bonds is 4. The molecule has 0 aliphatic rings. The molecule has 0 aliphatic heterocycles. The second-order valence-corrected chi connectivity index (χ2v) is 5.18. The van der Waals surface area contributed by atoms with E-state index in [-0.39, 0.29) is 23.1 Å². The van der Waals surface area contributed by atoms with Crippen molar-refractivity contribution < 1.29 is 9.18 Å². The van der Waals surface area contributed by atoms with Crippen LogP contribution in [-0.4, -0.2) is 16.7 Å². The second kappa shape index (κ2) is 7.06. The first-order valence-electron chi connectivity index (χ1n) is 6.58. The van der Waals surface area contributed by atoms with E-state index in [2.05, 4.69) is 15.4 Å². The van der Waals surface area contributed by atoms with E-state index >= 15 is 0 Å². The minimum absolute atomic E-state index is 0.0155. The Hall–Kier alpha value is -2.67. The van der Waals surface area contributed by atoms with Crippen molar-refractivity contribution in [1.29, 1.82) is 10.9 Å². The van der Waals surface area contributed by atoms with Crippen LogP contribution < -0.4 is 5.32 Å². The summed E-state index contributed by atoms with van der Waals surface area (Å²) in [6.07, 6.45) is 0. The van der Waals surface area contributed by atoms with Gasteiger partial charge < -0.3 is 5.32 Å². The molecule has 0 unspecified atom stereocenters. The summed E-state index contributed by atoms with van der Waals surface area (Å²) in [7, 11) is 0. The third kappa shape index (κ3) is 4.17. The number of aryl methyl sites for hydroxylation is 1. The van der Waals surface area contributed by atoms with Crippen molar-refractivity contribution in [3.05, 3.63) is 63.7 Å². The average molecular weight is 334 g/mol. The lowest BCUT2D eigenvalue weighted by molar-refractivity contribution is 0.0945. The molecule has 1 aromatic carbocycles. The lowest BCUT2D eigenvalue weighted by atomic mass is 10.1. The minimum Gasteiger partial charge on any atom is -0.347 e. The van der Waals surface area contributed by atoms with Crippen LogP contribution in [0.25, 0.3) is 0 Å². The van der Waals surface area contributed by atoms with E-state index in [9.17, 15) is 9.18 Å². The number of hydrogen-bond donors (Lipinski definition) is 3. The average Bonchev–Trinajstić information content (AvgIpc) is 2.54. The van der Waals surface area contributed by atoms with Crippen LogP contribution >= 0.6 is 11.6 Å². The molecule has 8 heteroatoms. The Morgan fingerprint density at radius 3 is 2.78 bits per heavy atom. The van der Waals surface area contributed by atoms with Gasteiger partial charge in [-0.2, -0.15) is 0 Å². The van der Waals surface area contributed by atoms with Gasteiger partial charge in [0.25, 0.3) is 5.91 Å². The molecule has 0 bridgehead atoms. The minimum atomic E-state index is -0.524. The Kier molecular flexibility index (Phi) is 5.13. The van der Waals surface area contributed by atoms with Crippen molar-refractivity contribution in [2.75, 3.05) is 0 Å². The molecule has 1 amide bonds. The summed E-state index contributed by atoms with van der Waals surface area (Å²) in [5, 5.41) is 13.2. The molecule has 6 nitrogen and oxygen atoms in total. The molecule has 3 N–H and O–H groups in total. The molecule has 0 spiro atoms. The van der Waals surface area contributed by atoms with E-state index in [1.165, 1.54) is 24.3 Å². The maximum Gasteiger partial charge on any atom is 0.270 e. The normalized spacial score (nSPS) is 10.2. The third-order valence-corrected chi connectivity index (χ3v) is 3.30. The predicted octanol–water partition coefficient (Wildman–Crippen LogP) is 3.47. The van der Waals surface area contributed by atoms with E-state index in [4.69, 9.17) is 22.5 Å².